The van der Waals surface area contributed by atoms with Crippen molar-refractivity contribution in [1.82, 2.24) is 4.72 Å². The summed E-state index contributed by atoms with van der Waals surface area (Å²) in [5.74, 6) is -0.726. The lowest BCUT2D eigenvalue weighted by atomic mass is 10.2. The molecule has 2 aromatic rings. The average molecular weight is 412 g/mol. The fourth-order valence-electron chi connectivity index (χ4n) is 2.32. The maximum atomic E-state index is 12.5. The smallest absolute Gasteiger partial charge is 0.320 e. The van der Waals surface area contributed by atoms with Crippen molar-refractivity contribution in [2.75, 3.05) is 18.4 Å². The van der Waals surface area contributed by atoms with Gasteiger partial charge in [0.15, 0.2) is 0 Å². The van der Waals surface area contributed by atoms with Gasteiger partial charge >= 0.3 is 5.97 Å². The summed E-state index contributed by atoms with van der Waals surface area (Å²) in [6.45, 7) is 3.06. The summed E-state index contributed by atoms with van der Waals surface area (Å²) in [6.07, 6.45) is 0. The third-order valence-electron chi connectivity index (χ3n) is 3.67. The highest BCUT2D eigenvalue weighted by molar-refractivity contribution is 7.92. The molecule has 0 aromatic heterocycles. The van der Waals surface area contributed by atoms with Crippen LogP contribution in [0, 0.1) is 13.8 Å². The first-order chi connectivity index (χ1) is 12.5. The molecule has 0 atom stereocenters. The third-order valence-corrected chi connectivity index (χ3v) is 6.63. The number of methoxy groups -OCH3 is 1. The summed E-state index contributed by atoms with van der Waals surface area (Å²) < 4.78 is 58.1. The third kappa shape index (κ3) is 5.28. The molecule has 10 heteroatoms. The van der Waals surface area contributed by atoms with E-state index in [1.54, 1.807) is 19.1 Å². The predicted molar refractivity (Wildman–Crippen MR) is 100 cm³/mol. The van der Waals surface area contributed by atoms with Gasteiger partial charge in [-0.15, -0.1) is 0 Å². The van der Waals surface area contributed by atoms with E-state index in [-0.39, 0.29) is 15.5 Å². The lowest BCUT2D eigenvalue weighted by molar-refractivity contribution is -0.139. The van der Waals surface area contributed by atoms with Crippen molar-refractivity contribution >= 4 is 31.7 Å². The number of hydrogen-bond donors (Lipinski definition) is 2. The molecule has 0 aliphatic carbocycles. The number of aryl methyl sites for hydroxylation is 2. The number of ether oxygens (including phenoxy) is 1. The second-order valence-electron chi connectivity index (χ2n) is 5.80. The standard InChI is InChI=1S/C17H20N2O6S2/c1-12-4-9-16(13(2)10-12)27(23,24)19-14-5-7-15(8-6-14)26(21,22)18-11-17(20)25-3/h4-10,18-19H,11H2,1-3H3. The summed E-state index contributed by atoms with van der Waals surface area (Å²) in [4.78, 5) is 11.1. The second kappa shape index (κ2) is 8.07. The van der Waals surface area contributed by atoms with E-state index in [1.807, 2.05) is 6.92 Å². The van der Waals surface area contributed by atoms with Crippen LogP contribution in [0.5, 0.6) is 0 Å². The van der Waals surface area contributed by atoms with Gasteiger partial charge in [0, 0.05) is 5.69 Å². The number of benzene rings is 2. The number of nitrogens with one attached hydrogen (secondary N) is 2. The molecular formula is C17H20N2O6S2. The zero-order chi connectivity index (χ0) is 20.2. The summed E-state index contributed by atoms with van der Waals surface area (Å²) in [5.41, 5.74) is 1.76. The van der Waals surface area contributed by atoms with E-state index in [2.05, 4.69) is 14.2 Å². The highest BCUT2D eigenvalue weighted by Crippen LogP contribution is 2.21. The Labute approximate surface area is 158 Å². The Balaban J connectivity index is 2.19. The van der Waals surface area contributed by atoms with E-state index in [1.165, 1.54) is 30.3 Å². The number of anilines is 1. The summed E-state index contributed by atoms with van der Waals surface area (Å²) in [7, 11) is -6.58. The van der Waals surface area contributed by atoms with E-state index in [9.17, 15) is 21.6 Å². The molecule has 0 aliphatic rings. The van der Waals surface area contributed by atoms with Crippen LogP contribution in [0.4, 0.5) is 5.69 Å². The molecule has 0 amide bonds. The molecule has 8 nitrogen and oxygen atoms in total. The maximum Gasteiger partial charge on any atom is 0.320 e. The van der Waals surface area contributed by atoms with Crippen molar-refractivity contribution in [3.8, 4) is 0 Å². The van der Waals surface area contributed by atoms with E-state index >= 15 is 0 Å². The van der Waals surface area contributed by atoms with Crippen molar-refractivity contribution in [3.63, 3.8) is 0 Å². The lowest BCUT2D eigenvalue weighted by Crippen LogP contribution is -2.30. The van der Waals surface area contributed by atoms with Gasteiger partial charge in [-0.25, -0.2) is 16.8 Å². The molecule has 0 unspecified atom stereocenters. The first kappa shape index (κ1) is 20.9. The number of esters is 1. The van der Waals surface area contributed by atoms with Crippen LogP contribution in [0.2, 0.25) is 0 Å². The molecule has 27 heavy (non-hydrogen) atoms. The SMILES string of the molecule is COC(=O)CNS(=O)(=O)c1ccc(NS(=O)(=O)c2ccc(C)cc2C)cc1. The minimum absolute atomic E-state index is 0.110. The van der Waals surface area contributed by atoms with Crippen LogP contribution < -0.4 is 9.44 Å². The molecule has 0 saturated heterocycles. The van der Waals surface area contributed by atoms with Crippen LogP contribution in [0.15, 0.2) is 52.3 Å². The minimum atomic E-state index is -3.92. The quantitative estimate of drug-likeness (QED) is 0.666. The normalized spacial score (nSPS) is 11.8. The number of hydrogen-bond acceptors (Lipinski definition) is 6. The largest absolute Gasteiger partial charge is 0.468 e. The fourth-order valence-corrected chi connectivity index (χ4v) is 4.58. The summed E-state index contributed by atoms with van der Waals surface area (Å²) >= 11 is 0. The van der Waals surface area contributed by atoms with Crippen LogP contribution in [-0.2, 0) is 29.6 Å². The van der Waals surface area contributed by atoms with Crippen LogP contribution >= 0.6 is 0 Å². The van der Waals surface area contributed by atoms with Crippen LogP contribution in [0.3, 0.4) is 0 Å². The van der Waals surface area contributed by atoms with E-state index in [0.29, 0.717) is 5.56 Å². The predicted octanol–water partition coefficient (Wildman–Crippen LogP) is 1.56. The van der Waals surface area contributed by atoms with E-state index in [4.69, 9.17) is 0 Å². The van der Waals surface area contributed by atoms with Gasteiger partial charge in [0.25, 0.3) is 10.0 Å². The van der Waals surface area contributed by atoms with Gasteiger partial charge in [-0.2, -0.15) is 4.72 Å². The summed E-state index contributed by atoms with van der Waals surface area (Å²) in [6, 6.07) is 10.1. The minimum Gasteiger partial charge on any atom is -0.468 e. The zero-order valence-corrected chi connectivity index (χ0v) is 16.6. The van der Waals surface area contributed by atoms with Gasteiger partial charge in [0.1, 0.15) is 6.54 Å². The average Bonchev–Trinajstić information content (AvgIpc) is 2.59. The molecule has 0 spiro atoms. The lowest BCUT2D eigenvalue weighted by Gasteiger charge is -2.12. The molecule has 0 saturated carbocycles. The Hall–Kier alpha value is -2.43. The molecule has 0 heterocycles. The number of rotatable bonds is 7. The Morgan fingerprint density at radius 2 is 1.59 bits per heavy atom. The number of carbonyl (C=O) groups is 1. The Morgan fingerprint density at radius 1 is 0.963 bits per heavy atom. The molecule has 0 radical (unpaired) electrons. The van der Waals surface area contributed by atoms with Crippen LogP contribution in [-0.4, -0.2) is 36.5 Å². The van der Waals surface area contributed by atoms with E-state index in [0.717, 1.165) is 12.7 Å². The highest BCUT2D eigenvalue weighted by atomic mass is 32.2. The highest BCUT2D eigenvalue weighted by Gasteiger charge is 2.19. The Bertz CT molecular complexity index is 1050. The molecule has 0 bridgehead atoms. The van der Waals surface area contributed by atoms with Crippen LogP contribution in [0.1, 0.15) is 11.1 Å². The first-order valence-electron chi connectivity index (χ1n) is 7.82. The molecule has 0 fully saturated rings. The van der Waals surface area contributed by atoms with Crippen molar-refractivity contribution in [1.29, 1.82) is 0 Å². The summed E-state index contributed by atoms with van der Waals surface area (Å²) in [5, 5.41) is 0. The van der Waals surface area contributed by atoms with Gasteiger partial charge in [-0.05, 0) is 49.7 Å². The van der Waals surface area contributed by atoms with Gasteiger partial charge in [-0.3, -0.25) is 9.52 Å². The van der Waals surface area contributed by atoms with E-state index < -0.39 is 32.6 Å². The number of carbonyl (C=O) groups excluding carboxylic acids is 1. The fraction of sp³-hybridized carbons (Fsp3) is 0.235. The molecule has 2 rings (SSSR count). The van der Waals surface area contributed by atoms with Gasteiger partial charge in [-0.1, -0.05) is 17.7 Å². The molecule has 0 aliphatic heterocycles. The van der Waals surface area contributed by atoms with Gasteiger partial charge < -0.3 is 4.74 Å². The van der Waals surface area contributed by atoms with Gasteiger partial charge in [0.2, 0.25) is 10.0 Å². The van der Waals surface area contributed by atoms with Crippen LogP contribution in [0.25, 0.3) is 0 Å². The molecule has 2 aromatic carbocycles. The molecule has 2 N–H and O–H groups in total. The maximum absolute atomic E-state index is 12.5. The topological polar surface area (TPSA) is 119 Å². The zero-order valence-electron chi connectivity index (χ0n) is 15.0. The Kier molecular flexibility index (Phi) is 6.24. The first-order valence-corrected chi connectivity index (χ1v) is 10.8. The van der Waals surface area contributed by atoms with Crippen molar-refractivity contribution in [3.05, 3.63) is 53.6 Å². The molecule has 146 valence electrons. The number of sulfonamides is 2. The monoisotopic (exact) mass is 412 g/mol. The van der Waals surface area contributed by atoms with Crippen molar-refractivity contribution < 1.29 is 26.4 Å². The van der Waals surface area contributed by atoms with Crippen molar-refractivity contribution in [2.24, 2.45) is 0 Å². The van der Waals surface area contributed by atoms with Crippen molar-refractivity contribution in [2.45, 2.75) is 23.6 Å². The second-order valence-corrected chi connectivity index (χ2v) is 9.22. The molecular weight excluding hydrogens is 392 g/mol. The van der Waals surface area contributed by atoms with Gasteiger partial charge in [0.05, 0.1) is 16.9 Å². The Morgan fingerprint density at radius 3 is 2.15 bits per heavy atom.